The van der Waals surface area contributed by atoms with Crippen LogP contribution in [0.2, 0.25) is 0 Å². The zero-order chi connectivity index (χ0) is 19.8. The molecule has 0 radical (unpaired) electrons. The standard InChI is InChI=1S/C26H22N2S/c1-25(2,3)17-12-13-21-24(16-17)29-23-11-7-6-10-20(23)26(21)19-9-5-4-8-18(19)22-14-15-27-28(22)26/h4-16H,1-3H3. The Hall–Kier alpha value is -2.78. The topological polar surface area (TPSA) is 17.8 Å². The first-order valence-corrected chi connectivity index (χ1v) is 10.9. The third-order valence-corrected chi connectivity index (χ3v) is 7.42. The quantitative estimate of drug-likeness (QED) is 0.294. The van der Waals surface area contributed by atoms with Crippen LogP contribution in [-0.4, -0.2) is 9.78 Å². The van der Waals surface area contributed by atoms with Crippen LogP contribution in [0.15, 0.2) is 88.8 Å². The largest absolute Gasteiger partial charge is 0.245 e. The van der Waals surface area contributed by atoms with Gasteiger partial charge < -0.3 is 0 Å². The van der Waals surface area contributed by atoms with Crippen molar-refractivity contribution in [2.24, 2.45) is 0 Å². The van der Waals surface area contributed by atoms with Crippen molar-refractivity contribution in [3.63, 3.8) is 0 Å². The number of hydrogen-bond donors (Lipinski definition) is 0. The van der Waals surface area contributed by atoms with Crippen LogP contribution in [0.1, 0.15) is 43.0 Å². The van der Waals surface area contributed by atoms with Gasteiger partial charge in [-0.1, -0.05) is 87.1 Å². The van der Waals surface area contributed by atoms with E-state index in [-0.39, 0.29) is 5.41 Å². The Kier molecular flexibility index (Phi) is 3.33. The predicted octanol–water partition coefficient (Wildman–Crippen LogP) is 6.47. The molecule has 2 nitrogen and oxygen atoms in total. The lowest BCUT2D eigenvalue weighted by Crippen LogP contribution is -2.38. The van der Waals surface area contributed by atoms with Crippen LogP contribution >= 0.6 is 11.8 Å². The highest BCUT2D eigenvalue weighted by Crippen LogP contribution is 2.58. The molecule has 3 heterocycles. The Labute approximate surface area is 175 Å². The van der Waals surface area contributed by atoms with E-state index >= 15 is 0 Å². The van der Waals surface area contributed by atoms with Crippen molar-refractivity contribution < 1.29 is 0 Å². The summed E-state index contributed by atoms with van der Waals surface area (Å²) >= 11 is 1.88. The maximum atomic E-state index is 4.86. The fourth-order valence-corrected chi connectivity index (χ4v) is 6.14. The van der Waals surface area contributed by atoms with E-state index in [2.05, 4.69) is 98.2 Å². The molecule has 0 saturated heterocycles. The second-order valence-corrected chi connectivity index (χ2v) is 10.0. The molecule has 1 atom stereocenters. The van der Waals surface area contributed by atoms with Crippen molar-refractivity contribution >= 4 is 11.8 Å². The van der Waals surface area contributed by atoms with E-state index in [4.69, 9.17) is 5.10 Å². The van der Waals surface area contributed by atoms with Crippen molar-refractivity contribution in [1.82, 2.24) is 9.78 Å². The van der Waals surface area contributed by atoms with E-state index in [9.17, 15) is 0 Å². The van der Waals surface area contributed by atoms with E-state index < -0.39 is 5.54 Å². The summed E-state index contributed by atoms with van der Waals surface area (Å²) in [4.78, 5) is 2.64. The molecule has 1 unspecified atom stereocenters. The van der Waals surface area contributed by atoms with E-state index in [1.54, 1.807) is 0 Å². The first-order chi connectivity index (χ1) is 14.0. The van der Waals surface area contributed by atoms with Crippen LogP contribution in [-0.2, 0) is 11.0 Å². The fraction of sp³-hybridized carbons (Fsp3) is 0.192. The third kappa shape index (κ3) is 2.11. The minimum absolute atomic E-state index is 0.115. The SMILES string of the molecule is CC(C)(C)c1ccc2c(c1)Sc1ccccc1C21c2ccccc2-c2ccnn21. The maximum Gasteiger partial charge on any atom is 0.141 e. The zero-order valence-corrected chi connectivity index (χ0v) is 17.6. The van der Waals surface area contributed by atoms with Gasteiger partial charge in [0.15, 0.2) is 0 Å². The molecule has 0 saturated carbocycles. The summed E-state index contributed by atoms with van der Waals surface area (Å²) in [6, 6.07) is 26.8. The molecule has 2 aliphatic rings. The Balaban J connectivity index is 1.77. The van der Waals surface area contributed by atoms with Gasteiger partial charge in [0.1, 0.15) is 5.54 Å². The van der Waals surface area contributed by atoms with Crippen molar-refractivity contribution in [2.75, 3.05) is 0 Å². The lowest BCUT2D eigenvalue weighted by molar-refractivity contribution is 0.466. The summed E-state index contributed by atoms with van der Waals surface area (Å²) in [6.07, 6.45) is 1.93. The van der Waals surface area contributed by atoms with Crippen LogP contribution in [0.5, 0.6) is 0 Å². The fourth-order valence-electron chi connectivity index (χ4n) is 4.92. The van der Waals surface area contributed by atoms with Crippen LogP contribution < -0.4 is 0 Å². The van der Waals surface area contributed by atoms with Crippen LogP contribution in [0, 0.1) is 0 Å². The number of rotatable bonds is 0. The number of fused-ring (bicyclic) bond motifs is 9. The average Bonchev–Trinajstić information content (AvgIpc) is 3.29. The highest BCUT2D eigenvalue weighted by atomic mass is 32.2. The molecule has 0 aliphatic carbocycles. The first kappa shape index (κ1) is 17.1. The van der Waals surface area contributed by atoms with Gasteiger partial charge in [0.05, 0.1) is 5.69 Å². The van der Waals surface area contributed by atoms with Gasteiger partial charge >= 0.3 is 0 Å². The first-order valence-electron chi connectivity index (χ1n) is 10.1. The minimum atomic E-state index is -0.414. The molecule has 0 amide bonds. The normalized spacial score (nSPS) is 18.9. The van der Waals surface area contributed by atoms with Crippen LogP contribution in [0.3, 0.4) is 0 Å². The predicted molar refractivity (Wildman–Crippen MR) is 119 cm³/mol. The lowest BCUT2D eigenvalue weighted by atomic mass is 9.76. The molecule has 0 bridgehead atoms. The van der Waals surface area contributed by atoms with Gasteiger partial charge in [0, 0.05) is 32.7 Å². The molecule has 29 heavy (non-hydrogen) atoms. The zero-order valence-electron chi connectivity index (χ0n) is 16.8. The molecule has 142 valence electrons. The van der Waals surface area contributed by atoms with Crippen molar-refractivity contribution in [1.29, 1.82) is 0 Å². The van der Waals surface area contributed by atoms with Crippen molar-refractivity contribution in [3.05, 3.63) is 101 Å². The molecule has 1 aromatic heterocycles. The van der Waals surface area contributed by atoms with Gasteiger partial charge in [-0.3, -0.25) is 0 Å². The maximum absolute atomic E-state index is 4.86. The number of nitrogens with zero attached hydrogens (tertiary/aromatic N) is 2. The second kappa shape index (κ2) is 5.64. The molecular weight excluding hydrogens is 372 g/mol. The van der Waals surface area contributed by atoms with Crippen LogP contribution in [0.25, 0.3) is 11.3 Å². The summed E-state index contributed by atoms with van der Waals surface area (Å²) in [5, 5.41) is 4.86. The smallest absolute Gasteiger partial charge is 0.141 e. The molecule has 4 aromatic rings. The number of hydrogen-bond acceptors (Lipinski definition) is 2. The minimum Gasteiger partial charge on any atom is -0.245 e. The van der Waals surface area contributed by atoms with Crippen molar-refractivity contribution in [2.45, 2.75) is 41.5 Å². The Morgan fingerprint density at radius 1 is 0.793 bits per heavy atom. The summed E-state index contributed by atoms with van der Waals surface area (Å²) < 4.78 is 2.24. The summed E-state index contributed by atoms with van der Waals surface area (Å²) in [5.74, 6) is 0. The number of aromatic nitrogens is 2. The van der Waals surface area contributed by atoms with E-state index in [0.29, 0.717) is 0 Å². The molecule has 3 aromatic carbocycles. The molecule has 0 N–H and O–H groups in total. The summed E-state index contributed by atoms with van der Waals surface area (Å²) in [7, 11) is 0. The van der Waals surface area contributed by atoms with E-state index in [0.717, 1.165) is 0 Å². The molecule has 3 heteroatoms. The van der Waals surface area contributed by atoms with Gasteiger partial charge in [-0.05, 0) is 34.7 Å². The van der Waals surface area contributed by atoms with Gasteiger partial charge in [-0.15, -0.1) is 0 Å². The monoisotopic (exact) mass is 394 g/mol. The third-order valence-electron chi connectivity index (χ3n) is 6.29. The molecule has 0 fully saturated rings. The Bertz CT molecular complexity index is 1280. The van der Waals surface area contributed by atoms with Gasteiger partial charge in [0.25, 0.3) is 0 Å². The highest BCUT2D eigenvalue weighted by molar-refractivity contribution is 7.99. The van der Waals surface area contributed by atoms with Gasteiger partial charge in [-0.25, -0.2) is 4.68 Å². The van der Waals surface area contributed by atoms with Gasteiger partial charge in [-0.2, -0.15) is 5.10 Å². The summed E-state index contributed by atoms with van der Waals surface area (Å²) in [6.45, 7) is 6.84. The highest BCUT2D eigenvalue weighted by Gasteiger charge is 2.51. The van der Waals surface area contributed by atoms with Crippen LogP contribution in [0.4, 0.5) is 0 Å². The molecule has 2 aliphatic heterocycles. The molecule has 1 spiro atoms. The second-order valence-electron chi connectivity index (χ2n) is 8.94. The summed E-state index contributed by atoms with van der Waals surface area (Å²) in [5.41, 5.74) is 7.49. The lowest BCUT2D eigenvalue weighted by Gasteiger charge is -2.39. The van der Waals surface area contributed by atoms with E-state index in [1.165, 1.54) is 43.3 Å². The Morgan fingerprint density at radius 2 is 1.52 bits per heavy atom. The van der Waals surface area contributed by atoms with Crippen molar-refractivity contribution in [3.8, 4) is 11.3 Å². The molecular formula is C26H22N2S. The van der Waals surface area contributed by atoms with Gasteiger partial charge in [0.2, 0.25) is 0 Å². The average molecular weight is 395 g/mol. The molecule has 6 rings (SSSR count). The number of benzene rings is 3. The van der Waals surface area contributed by atoms with E-state index in [1.807, 2.05) is 18.0 Å². The Morgan fingerprint density at radius 3 is 2.34 bits per heavy atom.